The molecule has 0 unspecified atom stereocenters. The van der Waals surface area contributed by atoms with Crippen LogP contribution >= 0.6 is 0 Å². The second-order valence-corrected chi connectivity index (χ2v) is 9.65. The maximum Gasteiger partial charge on any atom is 0.256 e. The van der Waals surface area contributed by atoms with Crippen molar-refractivity contribution in [3.63, 3.8) is 0 Å². The quantitative estimate of drug-likeness (QED) is 0.587. The van der Waals surface area contributed by atoms with Crippen molar-refractivity contribution < 1.29 is 17.9 Å². The molecule has 0 spiro atoms. The molecule has 0 saturated heterocycles. The van der Waals surface area contributed by atoms with Crippen LogP contribution in [0.5, 0.6) is 5.75 Å². The highest BCUT2D eigenvalue weighted by Gasteiger charge is 2.25. The van der Waals surface area contributed by atoms with Gasteiger partial charge in [0.2, 0.25) is 0 Å². The molecule has 0 saturated carbocycles. The number of hydrogen-bond acceptors (Lipinski definition) is 5. The summed E-state index contributed by atoms with van der Waals surface area (Å²) in [6.45, 7) is 3.43. The third-order valence-electron chi connectivity index (χ3n) is 4.61. The minimum atomic E-state index is -3.61. The molecule has 0 fully saturated rings. The van der Waals surface area contributed by atoms with Gasteiger partial charge >= 0.3 is 0 Å². The van der Waals surface area contributed by atoms with Crippen LogP contribution in [0.3, 0.4) is 0 Å². The number of ether oxygens (including phenoxy) is 1. The van der Waals surface area contributed by atoms with Crippen LogP contribution in [0.4, 0.5) is 5.69 Å². The van der Waals surface area contributed by atoms with Gasteiger partial charge in [-0.05, 0) is 55.8 Å². The number of carbonyl (C=O) groups is 1. The predicted molar refractivity (Wildman–Crippen MR) is 119 cm³/mol. The number of nitrogens with zero attached hydrogens (tertiary/aromatic N) is 1. The molecule has 0 aliphatic carbocycles. The van der Waals surface area contributed by atoms with Crippen molar-refractivity contribution in [2.45, 2.75) is 30.6 Å². The Morgan fingerprint density at radius 2 is 1.77 bits per heavy atom. The van der Waals surface area contributed by atoms with Gasteiger partial charge in [0, 0.05) is 11.8 Å². The largest absolute Gasteiger partial charge is 0.489 e. The molecule has 0 atom stereocenters. The molecule has 0 aromatic heterocycles. The summed E-state index contributed by atoms with van der Waals surface area (Å²) in [7, 11) is -3.61. The lowest BCUT2D eigenvalue weighted by atomic mass is 10.1. The Hall–Kier alpha value is -3.63. The molecule has 7 heteroatoms. The first-order valence-corrected chi connectivity index (χ1v) is 11.2. The number of nitrogens with one attached hydrogen (secondary N) is 1. The second-order valence-electron chi connectivity index (χ2n) is 7.17. The van der Waals surface area contributed by atoms with Crippen LogP contribution in [-0.4, -0.2) is 19.6 Å². The topological polar surface area (TPSA) is 96.3 Å². The molecule has 0 heterocycles. The lowest BCUT2D eigenvalue weighted by Gasteiger charge is -2.13. The Labute approximate surface area is 182 Å². The summed E-state index contributed by atoms with van der Waals surface area (Å²) in [6, 6.07) is 22.2. The molecule has 3 rings (SSSR count). The fraction of sp³-hybridized carbons (Fsp3) is 0.167. The molecular formula is C24H22N2O4S. The van der Waals surface area contributed by atoms with Gasteiger partial charge in [-0.2, -0.15) is 5.26 Å². The van der Waals surface area contributed by atoms with Crippen LogP contribution in [0.25, 0.3) is 0 Å². The van der Waals surface area contributed by atoms with Gasteiger partial charge in [-0.1, -0.05) is 30.3 Å². The summed E-state index contributed by atoms with van der Waals surface area (Å²) in [6.07, 6.45) is 0. The summed E-state index contributed by atoms with van der Waals surface area (Å²) < 4.78 is 31.0. The lowest BCUT2D eigenvalue weighted by Crippen LogP contribution is -2.20. The van der Waals surface area contributed by atoms with Crippen molar-refractivity contribution >= 4 is 21.4 Å². The third kappa shape index (κ3) is 5.30. The van der Waals surface area contributed by atoms with Gasteiger partial charge in [-0.25, -0.2) is 8.42 Å². The average Bonchev–Trinajstić information content (AvgIpc) is 2.78. The average molecular weight is 435 g/mol. The Bertz CT molecular complexity index is 1240. The van der Waals surface area contributed by atoms with Crippen molar-refractivity contribution in [2.24, 2.45) is 0 Å². The van der Waals surface area contributed by atoms with E-state index in [0.717, 1.165) is 5.56 Å². The molecule has 0 aliphatic rings. The molecule has 1 N–H and O–H groups in total. The van der Waals surface area contributed by atoms with E-state index in [9.17, 15) is 13.2 Å². The number of hydrogen-bond donors (Lipinski definition) is 1. The van der Waals surface area contributed by atoms with E-state index in [-0.39, 0.29) is 17.1 Å². The molecular weight excluding hydrogens is 412 g/mol. The van der Waals surface area contributed by atoms with Crippen LogP contribution in [0.15, 0.2) is 77.7 Å². The van der Waals surface area contributed by atoms with Crippen molar-refractivity contribution in [1.29, 1.82) is 5.26 Å². The fourth-order valence-electron chi connectivity index (χ4n) is 2.92. The Morgan fingerprint density at radius 1 is 1.03 bits per heavy atom. The van der Waals surface area contributed by atoms with Crippen molar-refractivity contribution in [2.75, 3.05) is 5.32 Å². The van der Waals surface area contributed by atoms with Crippen LogP contribution < -0.4 is 10.1 Å². The van der Waals surface area contributed by atoms with Crippen molar-refractivity contribution in [3.05, 3.63) is 89.5 Å². The molecule has 158 valence electrons. The highest BCUT2D eigenvalue weighted by atomic mass is 32.2. The van der Waals surface area contributed by atoms with E-state index in [2.05, 4.69) is 11.4 Å². The number of nitriles is 1. The summed E-state index contributed by atoms with van der Waals surface area (Å²) in [5.41, 5.74) is 1.97. The molecule has 0 bridgehead atoms. The molecule has 1 amide bonds. The Balaban J connectivity index is 1.76. The van der Waals surface area contributed by atoms with E-state index in [0.29, 0.717) is 17.0 Å². The minimum absolute atomic E-state index is 0.00674. The SMILES string of the molecule is CC(C)S(=O)(=O)c1ccccc1C(=O)Nc1cccc(OCc2cccc(C#N)c2)c1. The fourth-order valence-corrected chi connectivity index (χ4v) is 4.16. The van der Waals surface area contributed by atoms with Crippen LogP contribution in [0, 0.1) is 11.3 Å². The third-order valence-corrected chi connectivity index (χ3v) is 6.82. The number of benzene rings is 3. The number of sulfone groups is 1. The number of anilines is 1. The van der Waals surface area contributed by atoms with E-state index in [1.807, 2.05) is 6.07 Å². The van der Waals surface area contributed by atoms with Crippen molar-refractivity contribution in [3.8, 4) is 11.8 Å². The van der Waals surface area contributed by atoms with E-state index in [4.69, 9.17) is 10.00 Å². The first kappa shape index (κ1) is 22.1. The molecule has 0 aliphatic heterocycles. The molecule has 3 aromatic rings. The smallest absolute Gasteiger partial charge is 0.256 e. The first-order valence-electron chi connectivity index (χ1n) is 9.67. The normalized spacial score (nSPS) is 11.0. The number of rotatable bonds is 7. The summed E-state index contributed by atoms with van der Waals surface area (Å²) in [5, 5.41) is 11.1. The molecule has 6 nitrogen and oxygen atoms in total. The van der Waals surface area contributed by atoms with E-state index in [1.165, 1.54) is 12.1 Å². The van der Waals surface area contributed by atoms with E-state index >= 15 is 0 Å². The Morgan fingerprint density at radius 3 is 2.52 bits per heavy atom. The minimum Gasteiger partial charge on any atom is -0.489 e. The van der Waals surface area contributed by atoms with Gasteiger partial charge in [0.05, 0.1) is 27.3 Å². The number of amides is 1. The summed E-state index contributed by atoms with van der Waals surface area (Å²) >= 11 is 0. The highest BCUT2D eigenvalue weighted by Crippen LogP contribution is 2.23. The van der Waals surface area contributed by atoms with Gasteiger partial charge in [-0.3, -0.25) is 4.79 Å². The summed E-state index contributed by atoms with van der Waals surface area (Å²) in [5.74, 6) is 0.0157. The van der Waals surface area contributed by atoms with Gasteiger partial charge in [0.15, 0.2) is 9.84 Å². The van der Waals surface area contributed by atoms with Gasteiger partial charge in [0.1, 0.15) is 12.4 Å². The maximum atomic E-state index is 12.8. The van der Waals surface area contributed by atoms with E-state index in [1.54, 1.807) is 68.4 Å². The van der Waals surface area contributed by atoms with Crippen LogP contribution in [0.2, 0.25) is 0 Å². The number of carbonyl (C=O) groups excluding carboxylic acids is 1. The van der Waals surface area contributed by atoms with Gasteiger partial charge < -0.3 is 10.1 Å². The molecule has 31 heavy (non-hydrogen) atoms. The second kappa shape index (κ2) is 9.45. The lowest BCUT2D eigenvalue weighted by molar-refractivity contribution is 0.102. The van der Waals surface area contributed by atoms with Gasteiger partial charge in [-0.15, -0.1) is 0 Å². The first-order chi connectivity index (χ1) is 14.8. The Kier molecular flexibility index (Phi) is 6.73. The highest BCUT2D eigenvalue weighted by molar-refractivity contribution is 7.92. The molecule has 3 aromatic carbocycles. The maximum absolute atomic E-state index is 12.8. The molecule has 0 radical (unpaired) electrons. The van der Waals surface area contributed by atoms with E-state index < -0.39 is 21.0 Å². The summed E-state index contributed by atoms with van der Waals surface area (Å²) in [4.78, 5) is 12.8. The zero-order valence-electron chi connectivity index (χ0n) is 17.2. The predicted octanol–water partition coefficient (Wildman–Crippen LogP) is 4.57. The van der Waals surface area contributed by atoms with Crippen molar-refractivity contribution in [1.82, 2.24) is 0 Å². The zero-order chi connectivity index (χ0) is 22.4. The van der Waals surface area contributed by atoms with Crippen LogP contribution in [0.1, 0.15) is 35.3 Å². The standard InChI is InChI=1S/C24H22N2O4S/c1-17(2)31(28,29)23-12-4-3-11-22(23)24(27)26-20-9-6-10-21(14-20)30-16-19-8-5-7-18(13-19)15-25/h3-14,17H,16H2,1-2H3,(H,26,27). The zero-order valence-corrected chi connectivity index (χ0v) is 18.0. The van der Waals surface area contributed by atoms with Gasteiger partial charge in [0.25, 0.3) is 5.91 Å². The monoisotopic (exact) mass is 434 g/mol. The van der Waals surface area contributed by atoms with Crippen LogP contribution in [-0.2, 0) is 16.4 Å².